The normalized spacial score (nSPS) is 11.7. The minimum atomic E-state index is -1.19. The lowest BCUT2D eigenvalue weighted by molar-refractivity contribution is -0.139. The molecular weight excluding hydrogens is 416 g/mol. The fourth-order valence-corrected chi connectivity index (χ4v) is 2.85. The molecule has 0 spiro atoms. The van der Waals surface area contributed by atoms with Gasteiger partial charge in [0.05, 0.1) is 18.4 Å². The maximum absolute atomic E-state index is 12.3. The number of carboxylic acid groups (broad SMARTS) is 1. The molecule has 0 aliphatic rings. The molecule has 166 valence electrons. The van der Waals surface area contributed by atoms with E-state index in [1.165, 1.54) is 13.1 Å². The molecule has 0 radical (unpaired) electrons. The van der Waals surface area contributed by atoms with Gasteiger partial charge in [-0.1, -0.05) is 0 Å². The van der Waals surface area contributed by atoms with Gasteiger partial charge >= 0.3 is 5.97 Å². The quantitative estimate of drug-likeness (QED) is 0.316. The standard InChI is InChI=1S/C20H22N8O4/c1-10(29)2-7-14(19(31)32)26-18(30)11-3-5-12(6-4-11)23-8-13-9-24-17-15(25-13)16(21)27-20(22)28-17/h3-6,9,14,23H,2,7-8H2,1H3,(H,26,30)(H,31,32)(H4,21,22,24,27,28). The van der Waals surface area contributed by atoms with Crippen LogP contribution in [0.2, 0.25) is 0 Å². The second kappa shape index (κ2) is 9.64. The van der Waals surface area contributed by atoms with Crippen LogP contribution in [-0.2, 0) is 16.1 Å². The summed E-state index contributed by atoms with van der Waals surface area (Å²) in [5.74, 6) is -1.71. The maximum atomic E-state index is 12.3. The number of ketones is 1. The molecule has 2 aromatic heterocycles. The number of anilines is 3. The van der Waals surface area contributed by atoms with Gasteiger partial charge in [0.1, 0.15) is 11.8 Å². The molecule has 0 saturated heterocycles. The van der Waals surface area contributed by atoms with Crippen molar-refractivity contribution >= 4 is 46.3 Å². The molecule has 0 saturated carbocycles. The van der Waals surface area contributed by atoms with E-state index >= 15 is 0 Å². The highest BCUT2D eigenvalue weighted by molar-refractivity contribution is 5.97. The van der Waals surface area contributed by atoms with Crippen LogP contribution in [0.25, 0.3) is 11.2 Å². The van der Waals surface area contributed by atoms with Gasteiger partial charge in [-0.25, -0.2) is 14.8 Å². The van der Waals surface area contributed by atoms with Crippen molar-refractivity contribution in [2.24, 2.45) is 0 Å². The van der Waals surface area contributed by atoms with E-state index in [9.17, 15) is 19.5 Å². The molecule has 0 fully saturated rings. The summed E-state index contributed by atoms with van der Waals surface area (Å²) < 4.78 is 0. The number of carbonyl (C=O) groups is 3. The Morgan fingerprint density at radius 2 is 1.81 bits per heavy atom. The van der Waals surface area contributed by atoms with Gasteiger partial charge in [-0.3, -0.25) is 4.79 Å². The Bertz CT molecular complexity index is 1170. The highest BCUT2D eigenvalue weighted by atomic mass is 16.4. The van der Waals surface area contributed by atoms with Gasteiger partial charge < -0.3 is 32.0 Å². The van der Waals surface area contributed by atoms with Crippen LogP contribution in [0.3, 0.4) is 0 Å². The number of amides is 1. The Kier molecular flexibility index (Phi) is 6.73. The molecule has 12 heteroatoms. The van der Waals surface area contributed by atoms with E-state index in [1.54, 1.807) is 24.3 Å². The van der Waals surface area contributed by atoms with E-state index in [2.05, 4.69) is 30.6 Å². The van der Waals surface area contributed by atoms with Crippen LogP contribution in [0.4, 0.5) is 17.5 Å². The Hall–Kier alpha value is -4.35. The number of hydrogen-bond acceptors (Lipinski definition) is 10. The topological polar surface area (TPSA) is 199 Å². The molecule has 0 bridgehead atoms. The molecule has 2 heterocycles. The molecule has 12 nitrogen and oxygen atoms in total. The van der Waals surface area contributed by atoms with Crippen molar-refractivity contribution in [3.63, 3.8) is 0 Å². The first-order valence-corrected chi connectivity index (χ1v) is 9.64. The van der Waals surface area contributed by atoms with Gasteiger partial charge in [-0.15, -0.1) is 0 Å². The lowest BCUT2D eigenvalue weighted by Crippen LogP contribution is -2.41. The number of hydrogen-bond donors (Lipinski definition) is 5. The molecule has 3 aromatic rings. The lowest BCUT2D eigenvalue weighted by Gasteiger charge is -2.14. The van der Waals surface area contributed by atoms with Crippen molar-refractivity contribution < 1.29 is 19.5 Å². The molecule has 1 atom stereocenters. The zero-order valence-corrected chi connectivity index (χ0v) is 17.2. The first kappa shape index (κ1) is 22.3. The van der Waals surface area contributed by atoms with Crippen LogP contribution in [0.5, 0.6) is 0 Å². The van der Waals surface area contributed by atoms with Gasteiger partial charge in [0.25, 0.3) is 5.91 Å². The fourth-order valence-electron chi connectivity index (χ4n) is 2.85. The first-order valence-electron chi connectivity index (χ1n) is 9.64. The van der Waals surface area contributed by atoms with Gasteiger partial charge in [-0.2, -0.15) is 9.97 Å². The van der Waals surface area contributed by atoms with Crippen molar-refractivity contribution in [2.45, 2.75) is 32.4 Å². The van der Waals surface area contributed by atoms with E-state index in [0.717, 1.165) is 0 Å². The minimum absolute atomic E-state index is 0.0211. The predicted molar refractivity (Wildman–Crippen MR) is 117 cm³/mol. The highest BCUT2D eigenvalue weighted by Gasteiger charge is 2.21. The Morgan fingerprint density at radius 1 is 1.09 bits per heavy atom. The summed E-state index contributed by atoms with van der Waals surface area (Å²) in [6.07, 6.45) is 1.64. The number of aliphatic carboxylic acids is 1. The van der Waals surface area contributed by atoms with Crippen LogP contribution in [-0.4, -0.2) is 48.7 Å². The number of nitrogens with two attached hydrogens (primary N) is 2. The number of nitrogen functional groups attached to an aromatic ring is 2. The molecule has 0 aliphatic heterocycles. The number of carbonyl (C=O) groups excluding carboxylic acids is 2. The van der Waals surface area contributed by atoms with Crippen LogP contribution in [0.15, 0.2) is 30.5 Å². The van der Waals surface area contributed by atoms with Gasteiger partial charge in [0, 0.05) is 17.7 Å². The van der Waals surface area contributed by atoms with E-state index in [1.807, 2.05) is 0 Å². The smallest absolute Gasteiger partial charge is 0.326 e. The fraction of sp³-hybridized carbons (Fsp3) is 0.250. The summed E-state index contributed by atoms with van der Waals surface area (Å²) >= 11 is 0. The number of fused-ring (bicyclic) bond motifs is 1. The lowest BCUT2D eigenvalue weighted by atomic mass is 10.1. The van der Waals surface area contributed by atoms with E-state index in [-0.39, 0.29) is 36.0 Å². The minimum Gasteiger partial charge on any atom is -0.480 e. The van der Waals surface area contributed by atoms with Crippen LogP contribution in [0, 0.1) is 0 Å². The van der Waals surface area contributed by atoms with E-state index < -0.39 is 17.9 Å². The molecule has 0 aliphatic carbocycles. The van der Waals surface area contributed by atoms with Crippen molar-refractivity contribution in [3.8, 4) is 0 Å². The molecule has 3 rings (SSSR count). The van der Waals surface area contributed by atoms with E-state index in [0.29, 0.717) is 29.1 Å². The third kappa shape index (κ3) is 5.62. The largest absolute Gasteiger partial charge is 0.480 e. The Balaban J connectivity index is 1.62. The molecule has 32 heavy (non-hydrogen) atoms. The number of benzene rings is 1. The van der Waals surface area contributed by atoms with Crippen molar-refractivity contribution in [1.29, 1.82) is 0 Å². The number of rotatable bonds is 9. The highest BCUT2D eigenvalue weighted by Crippen LogP contribution is 2.16. The second-order valence-corrected chi connectivity index (χ2v) is 7.04. The SMILES string of the molecule is CC(=O)CCC(NC(=O)c1ccc(NCc2cnc3nc(N)nc(N)c3n2)cc1)C(=O)O. The predicted octanol–water partition coefficient (Wildman–Crippen LogP) is 0.749. The van der Waals surface area contributed by atoms with E-state index in [4.69, 9.17) is 11.5 Å². The first-order chi connectivity index (χ1) is 15.2. The molecule has 1 unspecified atom stereocenters. The number of Topliss-reactive ketones (excluding diaryl/α,β-unsaturated/α-hetero) is 1. The summed E-state index contributed by atoms with van der Waals surface area (Å²) in [6, 6.07) is 5.33. The maximum Gasteiger partial charge on any atom is 0.326 e. The van der Waals surface area contributed by atoms with Crippen LogP contribution in [0.1, 0.15) is 35.8 Å². The number of nitrogens with one attached hydrogen (secondary N) is 2. The van der Waals surface area contributed by atoms with Crippen LogP contribution >= 0.6 is 0 Å². The molecule has 7 N–H and O–H groups in total. The van der Waals surface area contributed by atoms with Crippen molar-refractivity contribution in [1.82, 2.24) is 25.3 Å². The Morgan fingerprint density at radius 3 is 2.47 bits per heavy atom. The Labute approximate surface area is 182 Å². The van der Waals surface area contributed by atoms with Crippen molar-refractivity contribution in [2.75, 3.05) is 16.8 Å². The summed E-state index contributed by atoms with van der Waals surface area (Å²) in [5.41, 5.74) is 13.6. The summed E-state index contributed by atoms with van der Waals surface area (Å²) in [4.78, 5) is 51.1. The van der Waals surface area contributed by atoms with Gasteiger partial charge in [0.15, 0.2) is 17.0 Å². The number of nitrogens with zero attached hydrogens (tertiary/aromatic N) is 4. The zero-order chi connectivity index (χ0) is 23.3. The molecule has 1 amide bonds. The average Bonchev–Trinajstić information content (AvgIpc) is 2.75. The molecular formula is C20H22N8O4. The number of aromatic nitrogens is 4. The molecule has 1 aromatic carbocycles. The summed E-state index contributed by atoms with van der Waals surface area (Å²) in [6.45, 7) is 1.69. The summed E-state index contributed by atoms with van der Waals surface area (Å²) in [5, 5.41) is 14.8. The van der Waals surface area contributed by atoms with Gasteiger partial charge in [-0.05, 0) is 37.6 Å². The van der Waals surface area contributed by atoms with Crippen LogP contribution < -0.4 is 22.1 Å². The third-order valence-corrected chi connectivity index (χ3v) is 4.51. The monoisotopic (exact) mass is 438 g/mol. The summed E-state index contributed by atoms with van der Waals surface area (Å²) in [7, 11) is 0. The van der Waals surface area contributed by atoms with Gasteiger partial charge in [0.2, 0.25) is 5.95 Å². The zero-order valence-electron chi connectivity index (χ0n) is 17.2. The second-order valence-electron chi connectivity index (χ2n) is 7.04. The third-order valence-electron chi connectivity index (χ3n) is 4.51. The number of carboxylic acids is 1. The average molecular weight is 438 g/mol. The van der Waals surface area contributed by atoms with Crippen molar-refractivity contribution in [3.05, 3.63) is 41.7 Å².